The van der Waals surface area contributed by atoms with E-state index in [1.54, 1.807) is 10.9 Å². The topological polar surface area (TPSA) is 204 Å². The van der Waals surface area contributed by atoms with E-state index in [0.29, 0.717) is 30.6 Å². The number of nitrogens with zero attached hydrogens (tertiary/aromatic N) is 4. The Labute approximate surface area is 171 Å². The number of nitrogens with one attached hydrogen (secondary N) is 2. The molecule has 0 radical (unpaired) electrons. The number of imidazole rings is 1. The number of hydrogen-bond acceptors (Lipinski definition) is 7. The van der Waals surface area contributed by atoms with Gasteiger partial charge in [-0.25, -0.2) is 19.6 Å². The molecule has 2 rings (SSSR count). The molecule has 0 aliphatic carbocycles. The van der Waals surface area contributed by atoms with E-state index in [9.17, 15) is 14.4 Å². The Morgan fingerprint density at radius 1 is 1.27 bits per heavy atom. The van der Waals surface area contributed by atoms with Crippen molar-refractivity contribution in [3.63, 3.8) is 0 Å². The molecule has 1 amide bonds. The molecule has 2 aromatic rings. The lowest BCUT2D eigenvalue weighted by atomic mass is 10.1. The average Bonchev–Trinajstić information content (AvgIpc) is 3.11. The summed E-state index contributed by atoms with van der Waals surface area (Å²) in [6.07, 6.45) is 4.83. The van der Waals surface area contributed by atoms with Crippen molar-refractivity contribution in [2.24, 2.45) is 16.5 Å². The molecule has 13 nitrogen and oxygen atoms in total. The van der Waals surface area contributed by atoms with Crippen molar-refractivity contribution in [3.8, 4) is 0 Å². The van der Waals surface area contributed by atoms with Crippen LogP contribution in [0.3, 0.4) is 0 Å². The lowest BCUT2D eigenvalue weighted by Crippen LogP contribution is -2.41. The van der Waals surface area contributed by atoms with Crippen molar-refractivity contribution in [1.82, 2.24) is 24.8 Å². The van der Waals surface area contributed by atoms with E-state index >= 15 is 0 Å². The number of carboxylic acid groups (broad SMARTS) is 1. The number of rotatable bonds is 12. The summed E-state index contributed by atoms with van der Waals surface area (Å²) in [5.74, 6) is -1.22. The second-order valence-electron chi connectivity index (χ2n) is 6.52. The van der Waals surface area contributed by atoms with Gasteiger partial charge in [0.25, 0.3) is 5.56 Å². The van der Waals surface area contributed by atoms with Crippen molar-refractivity contribution in [1.29, 1.82) is 0 Å². The van der Waals surface area contributed by atoms with Gasteiger partial charge in [0.05, 0.1) is 19.3 Å². The standard InChI is InChI=1S/C17H26N8O5/c18-16(19)20-6-4-5-11(15(27)28)24-17(29)30-8-3-1-2-7-25-10-23-12-13(25)21-9-22-14(12)26/h9-11H,1-8H2,(H,24,29)(H,27,28)(H4,18,19,20)(H,21,22,26). The number of nitrogens with two attached hydrogens (primary N) is 2. The summed E-state index contributed by atoms with van der Waals surface area (Å²) in [4.78, 5) is 49.0. The van der Waals surface area contributed by atoms with E-state index in [1.807, 2.05) is 0 Å². The highest BCUT2D eigenvalue weighted by Crippen LogP contribution is 2.07. The maximum Gasteiger partial charge on any atom is 0.407 e. The Morgan fingerprint density at radius 2 is 2.07 bits per heavy atom. The third-order valence-corrected chi connectivity index (χ3v) is 4.22. The maximum absolute atomic E-state index is 11.8. The normalized spacial score (nSPS) is 11.7. The van der Waals surface area contributed by atoms with Crippen LogP contribution in [-0.2, 0) is 16.1 Å². The molecule has 0 aliphatic rings. The Kier molecular flexibility index (Phi) is 8.59. The highest BCUT2D eigenvalue weighted by atomic mass is 16.5. The molecule has 0 spiro atoms. The molecular formula is C17H26N8O5. The number of carboxylic acids is 1. The molecule has 0 bridgehead atoms. The number of hydrogen-bond donors (Lipinski definition) is 5. The van der Waals surface area contributed by atoms with Gasteiger partial charge in [-0.3, -0.25) is 9.79 Å². The third kappa shape index (κ3) is 7.07. The predicted molar refractivity (Wildman–Crippen MR) is 108 cm³/mol. The number of alkyl carbamates (subject to hydrolysis) is 1. The predicted octanol–water partition coefficient (Wildman–Crippen LogP) is -0.477. The second kappa shape index (κ2) is 11.4. The molecule has 2 aromatic heterocycles. The monoisotopic (exact) mass is 422 g/mol. The van der Waals surface area contributed by atoms with Crippen LogP contribution >= 0.6 is 0 Å². The highest BCUT2D eigenvalue weighted by molar-refractivity contribution is 5.79. The van der Waals surface area contributed by atoms with Crippen LogP contribution < -0.4 is 22.3 Å². The van der Waals surface area contributed by atoms with Gasteiger partial charge in [-0.15, -0.1) is 0 Å². The first-order valence-corrected chi connectivity index (χ1v) is 9.48. The fourth-order valence-electron chi connectivity index (χ4n) is 2.73. The minimum Gasteiger partial charge on any atom is -0.480 e. The number of unbranched alkanes of at least 4 members (excludes halogenated alkanes) is 2. The van der Waals surface area contributed by atoms with Gasteiger partial charge in [0.2, 0.25) is 0 Å². The summed E-state index contributed by atoms with van der Waals surface area (Å²) in [7, 11) is 0. The number of aliphatic imine (C=N–C) groups is 1. The molecule has 0 aliphatic heterocycles. The first-order valence-electron chi connectivity index (χ1n) is 9.48. The number of carbonyl (C=O) groups is 2. The summed E-state index contributed by atoms with van der Waals surface area (Å²) in [5.41, 5.74) is 10.9. The van der Waals surface area contributed by atoms with Crippen molar-refractivity contribution in [2.75, 3.05) is 13.2 Å². The zero-order valence-corrected chi connectivity index (χ0v) is 16.4. The number of ether oxygens (including phenoxy) is 1. The third-order valence-electron chi connectivity index (χ3n) is 4.22. The maximum atomic E-state index is 11.8. The van der Waals surface area contributed by atoms with Crippen molar-refractivity contribution in [3.05, 3.63) is 23.0 Å². The quantitative estimate of drug-likeness (QED) is 0.170. The van der Waals surface area contributed by atoms with Gasteiger partial charge in [0.1, 0.15) is 6.04 Å². The molecule has 1 atom stereocenters. The second-order valence-corrected chi connectivity index (χ2v) is 6.52. The number of fused-ring (bicyclic) bond motifs is 1. The minimum absolute atomic E-state index is 0.0691. The number of aliphatic carboxylic acids is 1. The molecule has 2 heterocycles. The van der Waals surface area contributed by atoms with E-state index in [0.717, 1.165) is 12.8 Å². The Bertz CT molecular complexity index is 934. The number of guanidine groups is 1. The Morgan fingerprint density at radius 3 is 2.80 bits per heavy atom. The van der Waals surface area contributed by atoms with Crippen molar-refractivity contribution < 1.29 is 19.4 Å². The SMILES string of the molecule is NC(N)=NCCCC(NC(=O)OCCCCCn1cnc2c(=O)[nH]cnc21)C(=O)O. The molecule has 30 heavy (non-hydrogen) atoms. The van der Waals surface area contributed by atoms with Crippen LogP contribution in [0.15, 0.2) is 22.4 Å². The largest absolute Gasteiger partial charge is 0.480 e. The van der Waals surface area contributed by atoms with Gasteiger partial charge < -0.3 is 36.2 Å². The zero-order valence-electron chi connectivity index (χ0n) is 16.4. The van der Waals surface area contributed by atoms with E-state index in [2.05, 4.69) is 25.3 Å². The summed E-state index contributed by atoms with van der Waals surface area (Å²) in [6.45, 7) is 1.06. The van der Waals surface area contributed by atoms with Gasteiger partial charge in [0, 0.05) is 13.1 Å². The highest BCUT2D eigenvalue weighted by Gasteiger charge is 2.20. The van der Waals surface area contributed by atoms with E-state index < -0.39 is 18.1 Å². The molecule has 0 fully saturated rings. The first-order chi connectivity index (χ1) is 14.4. The van der Waals surface area contributed by atoms with E-state index in [4.69, 9.17) is 21.3 Å². The van der Waals surface area contributed by atoms with Gasteiger partial charge in [-0.2, -0.15) is 0 Å². The lowest BCUT2D eigenvalue weighted by molar-refractivity contribution is -0.139. The smallest absolute Gasteiger partial charge is 0.407 e. The van der Waals surface area contributed by atoms with E-state index in [-0.39, 0.29) is 31.1 Å². The number of carbonyl (C=O) groups excluding carboxylic acids is 1. The Balaban J connectivity index is 1.63. The minimum atomic E-state index is -1.16. The van der Waals surface area contributed by atoms with Crippen molar-refractivity contribution in [2.45, 2.75) is 44.7 Å². The van der Waals surface area contributed by atoms with Crippen LogP contribution in [0.25, 0.3) is 11.2 Å². The fourth-order valence-corrected chi connectivity index (χ4v) is 2.73. The summed E-state index contributed by atoms with van der Waals surface area (Å²) >= 11 is 0. The molecule has 164 valence electrons. The van der Waals surface area contributed by atoms with Gasteiger partial charge >= 0.3 is 12.1 Å². The van der Waals surface area contributed by atoms with Crippen molar-refractivity contribution >= 4 is 29.2 Å². The van der Waals surface area contributed by atoms with Gasteiger partial charge in [-0.1, -0.05) is 0 Å². The van der Waals surface area contributed by atoms with Crippen LogP contribution in [0, 0.1) is 0 Å². The summed E-state index contributed by atoms with van der Waals surface area (Å²) < 4.78 is 6.82. The number of amides is 1. The number of aromatic nitrogens is 4. The molecule has 1 unspecified atom stereocenters. The van der Waals surface area contributed by atoms with Crippen LogP contribution in [0.5, 0.6) is 0 Å². The molecule has 13 heteroatoms. The van der Waals surface area contributed by atoms with Crippen LogP contribution in [0.4, 0.5) is 4.79 Å². The fraction of sp³-hybridized carbons (Fsp3) is 0.529. The molecule has 7 N–H and O–H groups in total. The van der Waals surface area contributed by atoms with Gasteiger partial charge in [0.15, 0.2) is 17.1 Å². The molecule has 0 saturated heterocycles. The lowest BCUT2D eigenvalue weighted by Gasteiger charge is -2.14. The zero-order chi connectivity index (χ0) is 21.9. The summed E-state index contributed by atoms with van der Waals surface area (Å²) in [5, 5.41) is 11.5. The van der Waals surface area contributed by atoms with Crippen LogP contribution in [0.2, 0.25) is 0 Å². The van der Waals surface area contributed by atoms with E-state index in [1.165, 1.54) is 6.33 Å². The molecule has 0 aromatic carbocycles. The number of aryl methyl sites for hydroxylation is 1. The summed E-state index contributed by atoms with van der Waals surface area (Å²) in [6, 6.07) is -1.07. The van der Waals surface area contributed by atoms with Crippen LogP contribution in [-0.4, -0.2) is 61.8 Å². The molecule has 0 saturated carbocycles. The first kappa shape index (κ1) is 22.6. The number of H-pyrrole nitrogens is 1. The average molecular weight is 422 g/mol. The Hall–Kier alpha value is -3.64. The van der Waals surface area contributed by atoms with Gasteiger partial charge in [-0.05, 0) is 32.1 Å². The number of aromatic amines is 1. The van der Waals surface area contributed by atoms with Crippen LogP contribution in [0.1, 0.15) is 32.1 Å². The molecular weight excluding hydrogens is 396 g/mol.